The third-order valence-electron chi connectivity index (χ3n) is 3.23. The van der Waals surface area contributed by atoms with Gasteiger partial charge in [-0.05, 0) is 23.8 Å². The normalized spacial score (nSPS) is 11.8. The predicted molar refractivity (Wildman–Crippen MR) is 78.7 cm³/mol. The van der Waals surface area contributed by atoms with Crippen molar-refractivity contribution < 1.29 is 14.4 Å². The van der Waals surface area contributed by atoms with Crippen LogP contribution >= 0.6 is 0 Å². The Labute approximate surface area is 122 Å². The Bertz CT molecular complexity index is 641. The minimum atomic E-state index is -0.522. The summed E-state index contributed by atoms with van der Waals surface area (Å²) in [5.74, 6) is 1.24. The van der Waals surface area contributed by atoms with Gasteiger partial charge in [0.25, 0.3) is 5.69 Å². The van der Waals surface area contributed by atoms with Crippen molar-refractivity contribution in [3.8, 4) is 11.5 Å². The number of hydrogen-bond donors (Lipinski definition) is 1. The van der Waals surface area contributed by atoms with Crippen molar-refractivity contribution in [2.24, 2.45) is 5.73 Å². The van der Waals surface area contributed by atoms with Gasteiger partial charge in [-0.1, -0.05) is 12.1 Å². The lowest BCUT2D eigenvalue weighted by molar-refractivity contribution is -0.384. The molecule has 0 aromatic heterocycles. The molecule has 21 heavy (non-hydrogen) atoms. The molecule has 1 atom stereocenters. The number of methoxy groups -OCH3 is 2. The molecule has 2 aromatic carbocycles. The lowest BCUT2D eigenvalue weighted by atomic mass is 9.98. The van der Waals surface area contributed by atoms with Gasteiger partial charge in [0.1, 0.15) is 11.5 Å². The molecule has 2 aromatic rings. The maximum atomic E-state index is 10.9. The van der Waals surface area contributed by atoms with Crippen LogP contribution in [0.1, 0.15) is 17.2 Å². The Morgan fingerprint density at radius 3 is 2.29 bits per heavy atom. The molecule has 0 aliphatic carbocycles. The molecule has 1 unspecified atom stereocenters. The quantitative estimate of drug-likeness (QED) is 0.675. The van der Waals surface area contributed by atoms with Gasteiger partial charge in [-0.2, -0.15) is 0 Å². The third kappa shape index (κ3) is 3.11. The average molecular weight is 288 g/mol. The van der Waals surface area contributed by atoms with Gasteiger partial charge in [-0.15, -0.1) is 0 Å². The minimum absolute atomic E-state index is 0.0187. The van der Waals surface area contributed by atoms with E-state index < -0.39 is 11.0 Å². The van der Waals surface area contributed by atoms with E-state index in [1.54, 1.807) is 25.3 Å². The molecule has 0 saturated carbocycles. The first-order chi connectivity index (χ1) is 10.1. The summed E-state index contributed by atoms with van der Waals surface area (Å²) in [6, 6.07) is 11.1. The molecule has 0 spiro atoms. The van der Waals surface area contributed by atoms with Crippen LogP contribution in [0.5, 0.6) is 11.5 Å². The first kappa shape index (κ1) is 14.8. The molecule has 0 bridgehead atoms. The first-order valence-electron chi connectivity index (χ1n) is 6.28. The number of benzene rings is 2. The largest absolute Gasteiger partial charge is 0.497 e. The Kier molecular flexibility index (Phi) is 4.39. The summed E-state index contributed by atoms with van der Waals surface area (Å²) in [5.41, 5.74) is 7.57. The molecule has 6 nitrogen and oxygen atoms in total. The maximum Gasteiger partial charge on any atom is 0.270 e. The third-order valence-corrected chi connectivity index (χ3v) is 3.23. The van der Waals surface area contributed by atoms with Crippen LogP contribution in [0.2, 0.25) is 0 Å². The fraction of sp³-hybridized carbons (Fsp3) is 0.200. The van der Waals surface area contributed by atoms with E-state index >= 15 is 0 Å². The number of nitro groups is 1. The molecule has 0 heterocycles. The second-order valence-electron chi connectivity index (χ2n) is 4.43. The highest BCUT2D eigenvalue weighted by Gasteiger charge is 2.18. The highest BCUT2D eigenvalue weighted by atomic mass is 16.6. The number of rotatable bonds is 5. The Hall–Kier alpha value is -2.60. The van der Waals surface area contributed by atoms with Crippen molar-refractivity contribution in [1.29, 1.82) is 0 Å². The van der Waals surface area contributed by atoms with Crippen LogP contribution in [0.4, 0.5) is 5.69 Å². The van der Waals surface area contributed by atoms with Gasteiger partial charge in [0.15, 0.2) is 0 Å². The Morgan fingerprint density at radius 2 is 1.76 bits per heavy atom. The van der Waals surface area contributed by atoms with Gasteiger partial charge in [0, 0.05) is 17.7 Å². The van der Waals surface area contributed by atoms with Crippen molar-refractivity contribution in [2.75, 3.05) is 14.2 Å². The highest BCUT2D eigenvalue weighted by molar-refractivity contribution is 5.48. The lowest BCUT2D eigenvalue weighted by Crippen LogP contribution is -2.13. The van der Waals surface area contributed by atoms with E-state index in [0.29, 0.717) is 11.3 Å². The number of nitro benzene ring substituents is 1. The van der Waals surface area contributed by atoms with Crippen molar-refractivity contribution in [1.82, 2.24) is 0 Å². The smallest absolute Gasteiger partial charge is 0.270 e. The molecular formula is C15H16N2O4. The van der Waals surface area contributed by atoms with Crippen LogP contribution < -0.4 is 15.2 Å². The zero-order valence-electron chi connectivity index (χ0n) is 11.8. The molecule has 0 amide bonds. The van der Waals surface area contributed by atoms with Gasteiger partial charge in [-0.25, -0.2) is 0 Å². The number of non-ortho nitro benzene ring substituents is 1. The monoisotopic (exact) mass is 288 g/mol. The second-order valence-corrected chi connectivity index (χ2v) is 4.43. The highest BCUT2D eigenvalue weighted by Crippen LogP contribution is 2.32. The van der Waals surface area contributed by atoms with E-state index in [0.717, 1.165) is 11.3 Å². The van der Waals surface area contributed by atoms with E-state index in [1.807, 2.05) is 12.1 Å². The maximum absolute atomic E-state index is 10.9. The second kappa shape index (κ2) is 6.23. The summed E-state index contributed by atoms with van der Waals surface area (Å²) in [7, 11) is 3.09. The zero-order valence-corrected chi connectivity index (χ0v) is 11.8. The van der Waals surface area contributed by atoms with E-state index in [4.69, 9.17) is 15.2 Å². The van der Waals surface area contributed by atoms with E-state index in [2.05, 4.69) is 0 Å². The number of nitrogens with two attached hydrogens (primary N) is 1. The van der Waals surface area contributed by atoms with Gasteiger partial charge in [0.05, 0.1) is 25.2 Å². The van der Waals surface area contributed by atoms with Crippen LogP contribution in [0.15, 0.2) is 42.5 Å². The summed E-state index contributed by atoms with van der Waals surface area (Å²) in [6.45, 7) is 0. The molecular weight excluding hydrogens is 272 g/mol. The van der Waals surface area contributed by atoms with Crippen LogP contribution in [-0.2, 0) is 0 Å². The number of ether oxygens (including phenoxy) is 2. The number of hydrogen-bond acceptors (Lipinski definition) is 5. The van der Waals surface area contributed by atoms with E-state index in [9.17, 15) is 10.1 Å². The molecule has 2 N–H and O–H groups in total. The summed E-state index contributed by atoms with van der Waals surface area (Å²) in [6.07, 6.45) is 0. The van der Waals surface area contributed by atoms with Gasteiger partial charge in [-0.3, -0.25) is 10.1 Å². The van der Waals surface area contributed by atoms with Crippen LogP contribution in [0.3, 0.4) is 0 Å². The van der Waals surface area contributed by atoms with Crippen LogP contribution in [-0.4, -0.2) is 19.1 Å². The topological polar surface area (TPSA) is 87.6 Å². The molecule has 0 saturated heterocycles. The molecule has 2 rings (SSSR count). The van der Waals surface area contributed by atoms with Crippen LogP contribution in [0, 0.1) is 10.1 Å². The molecule has 110 valence electrons. The van der Waals surface area contributed by atoms with E-state index in [1.165, 1.54) is 19.2 Å². The molecule has 0 fully saturated rings. The fourth-order valence-corrected chi connectivity index (χ4v) is 2.07. The molecule has 0 radical (unpaired) electrons. The summed E-state index contributed by atoms with van der Waals surface area (Å²) in [4.78, 5) is 10.4. The standard InChI is InChI=1S/C15H16N2O4/c1-20-12-6-3-10(4-7-12)15(16)13-9-11(17(18)19)5-8-14(13)21-2/h3-9,15H,16H2,1-2H3. The minimum Gasteiger partial charge on any atom is -0.497 e. The SMILES string of the molecule is COc1ccc(C(N)c2cc([N+](=O)[O-])ccc2OC)cc1. The van der Waals surface area contributed by atoms with Gasteiger partial charge >= 0.3 is 0 Å². The Balaban J connectivity index is 2.42. The average Bonchev–Trinajstić information content (AvgIpc) is 2.53. The number of nitrogens with zero attached hydrogens (tertiary/aromatic N) is 1. The van der Waals surface area contributed by atoms with Crippen molar-refractivity contribution in [3.05, 3.63) is 63.7 Å². The van der Waals surface area contributed by atoms with Crippen molar-refractivity contribution in [2.45, 2.75) is 6.04 Å². The van der Waals surface area contributed by atoms with Gasteiger partial charge < -0.3 is 15.2 Å². The summed E-state index contributed by atoms with van der Waals surface area (Å²) >= 11 is 0. The van der Waals surface area contributed by atoms with Crippen molar-refractivity contribution >= 4 is 5.69 Å². The Morgan fingerprint density at radius 1 is 1.10 bits per heavy atom. The zero-order chi connectivity index (χ0) is 15.4. The fourth-order valence-electron chi connectivity index (χ4n) is 2.07. The summed E-state index contributed by atoms with van der Waals surface area (Å²) in [5, 5.41) is 10.9. The molecule has 0 aliphatic rings. The van der Waals surface area contributed by atoms with Crippen molar-refractivity contribution in [3.63, 3.8) is 0 Å². The van der Waals surface area contributed by atoms with Gasteiger partial charge in [0.2, 0.25) is 0 Å². The molecule has 0 aliphatic heterocycles. The molecule has 6 heteroatoms. The summed E-state index contributed by atoms with van der Waals surface area (Å²) < 4.78 is 10.3. The van der Waals surface area contributed by atoms with Crippen LogP contribution in [0.25, 0.3) is 0 Å². The first-order valence-corrected chi connectivity index (χ1v) is 6.28. The predicted octanol–water partition coefficient (Wildman–Crippen LogP) is 2.66. The lowest BCUT2D eigenvalue weighted by Gasteiger charge is -2.16. The van der Waals surface area contributed by atoms with E-state index in [-0.39, 0.29) is 5.69 Å².